The maximum absolute atomic E-state index is 13.4. The van der Waals surface area contributed by atoms with Crippen molar-refractivity contribution in [3.8, 4) is 22.8 Å². The van der Waals surface area contributed by atoms with Gasteiger partial charge in [0.2, 0.25) is 10.9 Å². The van der Waals surface area contributed by atoms with Crippen LogP contribution in [0, 0.1) is 0 Å². The molecule has 2 heterocycles. The first-order valence-electron chi connectivity index (χ1n) is 10.3. The van der Waals surface area contributed by atoms with Gasteiger partial charge in [-0.1, -0.05) is 72.0 Å². The molecular formula is C26H18N2O5S. The van der Waals surface area contributed by atoms with Crippen LogP contribution in [0.15, 0.2) is 72.8 Å². The Hall–Kier alpha value is -4.30. The molecule has 2 amide bonds. The van der Waals surface area contributed by atoms with Gasteiger partial charge in [0.05, 0.1) is 31.0 Å². The number of amides is 2. The molecule has 0 saturated carbocycles. The van der Waals surface area contributed by atoms with Crippen molar-refractivity contribution in [2.45, 2.75) is 0 Å². The van der Waals surface area contributed by atoms with Crippen LogP contribution in [0.3, 0.4) is 0 Å². The maximum Gasteiger partial charge on any atom is 0.271 e. The van der Waals surface area contributed by atoms with E-state index in [0.29, 0.717) is 27.4 Å². The van der Waals surface area contributed by atoms with Crippen LogP contribution in [0.4, 0.5) is 5.13 Å². The van der Waals surface area contributed by atoms with Gasteiger partial charge in [0.1, 0.15) is 4.88 Å². The van der Waals surface area contributed by atoms with Gasteiger partial charge in [-0.15, -0.1) is 0 Å². The number of hydrogen-bond acceptors (Lipinski definition) is 7. The van der Waals surface area contributed by atoms with Crippen LogP contribution in [0.5, 0.6) is 11.5 Å². The summed E-state index contributed by atoms with van der Waals surface area (Å²) in [5.74, 6) is -0.829. The number of ether oxygens (including phenoxy) is 2. The summed E-state index contributed by atoms with van der Waals surface area (Å²) >= 11 is 1.01. The van der Waals surface area contributed by atoms with E-state index in [-0.39, 0.29) is 27.8 Å². The number of benzene rings is 3. The summed E-state index contributed by atoms with van der Waals surface area (Å²) < 4.78 is 10.7. The van der Waals surface area contributed by atoms with Crippen molar-refractivity contribution >= 4 is 34.1 Å². The molecule has 0 spiro atoms. The summed E-state index contributed by atoms with van der Waals surface area (Å²) in [6.07, 6.45) is 0. The standard InChI is InChI=1S/C26H18N2O5S/c1-32-18-14-13-17-19(22(18)33-2)25(31)28(24(17)30)26-27-20(15-9-5-3-6-10-15)23(34-26)21(29)16-11-7-4-8-12-16/h3-14H,1-2H3. The lowest BCUT2D eigenvalue weighted by atomic mass is 10.1. The second-order valence-electron chi connectivity index (χ2n) is 7.40. The van der Waals surface area contributed by atoms with Gasteiger partial charge in [-0.3, -0.25) is 14.4 Å². The Bertz CT molecular complexity index is 1430. The number of nitrogens with zero attached hydrogens (tertiary/aromatic N) is 2. The van der Waals surface area contributed by atoms with Gasteiger partial charge in [-0.05, 0) is 12.1 Å². The van der Waals surface area contributed by atoms with Crippen LogP contribution in [-0.2, 0) is 0 Å². The molecule has 1 aliphatic heterocycles. The first-order chi connectivity index (χ1) is 16.5. The van der Waals surface area contributed by atoms with E-state index in [1.807, 2.05) is 36.4 Å². The van der Waals surface area contributed by atoms with Crippen LogP contribution in [0.25, 0.3) is 11.3 Å². The highest BCUT2D eigenvalue weighted by atomic mass is 32.1. The van der Waals surface area contributed by atoms with Crippen LogP contribution in [-0.4, -0.2) is 36.8 Å². The molecular weight excluding hydrogens is 452 g/mol. The van der Waals surface area contributed by atoms with Gasteiger partial charge in [0.25, 0.3) is 11.8 Å². The maximum atomic E-state index is 13.4. The van der Waals surface area contributed by atoms with E-state index >= 15 is 0 Å². The summed E-state index contributed by atoms with van der Waals surface area (Å²) in [5.41, 5.74) is 1.91. The highest BCUT2D eigenvalue weighted by Crippen LogP contribution is 2.42. The summed E-state index contributed by atoms with van der Waals surface area (Å²) in [4.78, 5) is 46.0. The van der Waals surface area contributed by atoms with Crippen LogP contribution >= 0.6 is 11.3 Å². The number of ketones is 1. The van der Waals surface area contributed by atoms with E-state index in [2.05, 4.69) is 4.98 Å². The monoisotopic (exact) mass is 470 g/mol. The number of imide groups is 1. The summed E-state index contributed by atoms with van der Waals surface area (Å²) in [6, 6.07) is 21.1. The average molecular weight is 471 g/mol. The first-order valence-corrected chi connectivity index (χ1v) is 11.2. The van der Waals surface area contributed by atoms with E-state index in [0.717, 1.165) is 16.2 Å². The molecule has 0 unspecified atom stereocenters. The predicted molar refractivity (Wildman–Crippen MR) is 128 cm³/mol. The fraction of sp³-hybridized carbons (Fsp3) is 0.0769. The molecule has 168 valence electrons. The molecule has 0 fully saturated rings. The van der Waals surface area contributed by atoms with Crippen molar-refractivity contribution in [1.29, 1.82) is 0 Å². The molecule has 3 aromatic carbocycles. The summed E-state index contributed by atoms with van der Waals surface area (Å²) in [7, 11) is 2.86. The van der Waals surface area contributed by atoms with Crippen LogP contribution in [0.1, 0.15) is 36.0 Å². The zero-order valence-electron chi connectivity index (χ0n) is 18.3. The third-order valence-corrected chi connectivity index (χ3v) is 6.53. The largest absolute Gasteiger partial charge is 0.493 e. The van der Waals surface area contributed by atoms with E-state index in [4.69, 9.17) is 9.47 Å². The van der Waals surface area contributed by atoms with Crippen LogP contribution in [0.2, 0.25) is 0 Å². The molecule has 8 heteroatoms. The summed E-state index contributed by atoms with van der Waals surface area (Å²) in [5, 5.41) is 0.116. The fourth-order valence-corrected chi connectivity index (χ4v) is 4.93. The van der Waals surface area contributed by atoms with Gasteiger partial charge in [0, 0.05) is 11.1 Å². The SMILES string of the molecule is COc1ccc2c(c1OC)C(=O)N(c1nc(-c3ccccc3)c(C(=O)c3ccccc3)s1)C2=O. The van der Waals surface area contributed by atoms with Gasteiger partial charge in [-0.25, -0.2) is 9.88 Å². The van der Waals surface area contributed by atoms with Crippen molar-refractivity contribution in [3.63, 3.8) is 0 Å². The molecule has 0 N–H and O–H groups in total. The third kappa shape index (κ3) is 3.36. The van der Waals surface area contributed by atoms with Gasteiger partial charge < -0.3 is 9.47 Å². The zero-order chi connectivity index (χ0) is 23.8. The van der Waals surface area contributed by atoms with Crippen LogP contribution < -0.4 is 14.4 Å². The molecule has 1 aromatic heterocycles. The zero-order valence-corrected chi connectivity index (χ0v) is 19.1. The number of thiazole rings is 1. The minimum absolute atomic E-state index is 0.110. The highest BCUT2D eigenvalue weighted by molar-refractivity contribution is 7.18. The minimum atomic E-state index is -0.581. The van der Waals surface area contributed by atoms with E-state index in [1.54, 1.807) is 30.3 Å². The van der Waals surface area contributed by atoms with Crippen molar-refractivity contribution in [2.75, 3.05) is 19.1 Å². The van der Waals surface area contributed by atoms with E-state index < -0.39 is 11.8 Å². The van der Waals surface area contributed by atoms with Gasteiger partial charge in [0.15, 0.2) is 11.5 Å². The Morgan fingerprint density at radius 1 is 0.853 bits per heavy atom. The molecule has 0 bridgehead atoms. The third-order valence-electron chi connectivity index (χ3n) is 5.49. The number of carbonyl (C=O) groups excluding carboxylic acids is 3. The Morgan fingerprint density at radius 3 is 2.18 bits per heavy atom. The molecule has 5 rings (SSSR count). The van der Waals surface area contributed by atoms with E-state index in [1.165, 1.54) is 20.3 Å². The molecule has 0 radical (unpaired) electrons. The molecule has 0 saturated heterocycles. The van der Waals surface area contributed by atoms with Gasteiger partial charge >= 0.3 is 0 Å². The number of aromatic nitrogens is 1. The number of methoxy groups -OCH3 is 2. The number of fused-ring (bicyclic) bond motifs is 1. The lowest BCUT2D eigenvalue weighted by molar-refractivity contribution is 0.0924. The van der Waals surface area contributed by atoms with Crippen molar-refractivity contribution in [1.82, 2.24) is 4.98 Å². The molecule has 0 aliphatic carbocycles. The second-order valence-corrected chi connectivity index (χ2v) is 8.38. The molecule has 34 heavy (non-hydrogen) atoms. The molecule has 0 atom stereocenters. The quantitative estimate of drug-likeness (QED) is 0.296. The lowest BCUT2D eigenvalue weighted by Gasteiger charge is -2.11. The van der Waals surface area contributed by atoms with Crippen molar-refractivity contribution < 1.29 is 23.9 Å². The summed E-state index contributed by atoms with van der Waals surface area (Å²) in [6.45, 7) is 0. The first kappa shape index (κ1) is 21.5. The Morgan fingerprint density at radius 2 is 1.53 bits per heavy atom. The average Bonchev–Trinajstić information content (AvgIpc) is 3.43. The molecule has 7 nitrogen and oxygen atoms in total. The Kier molecular flexibility index (Phi) is 5.43. The fourth-order valence-electron chi connectivity index (χ4n) is 3.89. The number of carbonyl (C=O) groups is 3. The smallest absolute Gasteiger partial charge is 0.271 e. The minimum Gasteiger partial charge on any atom is -0.493 e. The molecule has 4 aromatic rings. The Balaban J connectivity index is 1.65. The number of rotatable bonds is 6. The number of hydrogen-bond donors (Lipinski definition) is 0. The Labute approximate surface area is 199 Å². The number of anilines is 1. The molecule has 1 aliphatic rings. The lowest BCUT2D eigenvalue weighted by Crippen LogP contribution is -2.29. The normalized spacial score (nSPS) is 12.6. The second kappa shape index (κ2) is 8.57. The van der Waals surface area contributed by atoms with Crippen molar-refractivity contribution in [3.05, 3.63) is 94.4 Å². The topological polar surface area (TPSA) is 85.8 Å². The highest BCUT2D eigenvalue weighted by Gasteiger charge is 2.42. The van der Waals surface area contributed by atoms with E-state index in [9.17, 15) is 14.4 Å². The van der Waals surface area contributed by atoms with Gasteiger partial charge in [-0.2, -0.15) is 0 Å². The predicted octanol–water partition coefficient (Wildman–Crippen LogP) is 4.86. The van der Waals surface area contributed by atoms with Crippen molar-refractivity contribution in [2.24, 2.45) is 0 Å².